The molecule has 1 saturated carbocycles. The number of carbonyl (C=O) groups excluding carboxylic acids is 1. The molecule has 1 aliphatic carbocycles. The van der Waals surface area contributed by atoms with Crippen LogP contribution in [0.3, 0.4) is 0 Å². The van der Waals surface area contributed by atoms with Crippen molar-refractivity contribution < 1.29 is 46.8 Å². The molecule has 226 valence electrons. The van der Waals surface area contributed by atoms with Gasteiger partial charge in [0.15, 0.2) is 6.10 Å². The van der Waals surface area contributed by atoms with Gasteiger partial charge in [-0.2, -0.15) is 0 Å². The zero-order valence-electron chi connectivity index (χ0n) is 23.2. The van der Waals surface area contributed by atoms with Crippen molar-refractivity contribution in [3.8, 4) is 17.2 Å². The van der Waals surface area contributed by atoms with E-state index in [-0.39, 0.29) is 25.3 Å². The zero-order valence-corrected chi connectivity index (χ0v) is 23.2. The van der Waals surface area contributed by atoms with Crippen LogP contribution in [-0.2, 0) is 16.0 Å². The Bertz CT molecular complexity index is 1070. The molecule has 0 spiro atoms. The molecule has 0 bridgehead atoms. The predicted octanol–water partition coefficient (Wildman–Crippen LogP) is 6.86. The van der Waals surface area contributed by atoms with Crippen molar-refractivity contribution in [2.24, 2.45) is 5.92 Å². The molecule has 1 unspecified atom stereocenters. The van der Waals surface area contributed by atoms with Crippen molar-refractivity contribution >= 4 is 12.1 Å². The molecule has 1 atom stereocenters. The molecule has 1 N–H and O–H groups in total. The normalized spacial score (nSPS) is 14.7. The first kappa shape index (κ1) is 32.0. The summed E-state index contributed by atoms with van der Waals surface area (Å²) in [5.41, 5.74) is 0.790. The maximum Gasteiger partial charge on any atom is 0.573 e. The fourth-order valence-corrected chi connectivity index (χ4v) is 4.84. The molecule has 2 aromatic rings. The summed E-state index contributed by atoms with van der Waals surface area (Å²) in [6.45, 7) is 2.93. The maximum absolute atomic E-state index is 13.0. The Morgan fingerprint density at radius 1 is 0.951 bits per heavy atom. The lowest BCUT2D eigenvalue weighted by Crippen LogP contribution is -2.37. The van der Waals surface area contributed by atoms with Crippen LogP contribution in [0.4, 0.5) is 18.0 Å². The van der Waals surface area contributed by atoms with Crippen molar-refractivity contribution in [2.45, 2.75) is 70.8 Å². The Kier molecular flexibility index (Phi) is 12.6. The molecule has 1 fully saturated rings. The minimum Gasteiger partial charge on any atom is -0.492 e. The Hall–Kier alpha value is -3.47. The van der Waals surface area contributed by atoms with E-state index in [9.17, 15) is 27.9 Å². The Morgan fingerprint density at radius 2 is 1.59 bits per heavy atom. The van der Waals surface area contributed by atoms with Crippen LogP contribution in [0.5, 0.6) is 17.2 Å². The Labute approximate surface area is 238 Å². The third-order valence-corrected chi connectivity index (χ3v) is 6.90. The average molecular weight is 582 g/mol. The maximum atomic E-state index is 13.0. The number of aliphatic carboxylic acids is 1. The third kappa shape index (κ3) is 11.9. The van der Waals surface area contributed by atoms with E-state index in [2.05, 4.69) is 4.74 Å². The molecule has 3 rings (SSSR count). The van der Waals surface area contributed by atoms with Gasteiger partial charge in [-0.05, 0) is 67.6 Å². The second-order valence-corrected chi connectivity index (χ2v) is 10.00. The summed E-state index contributed by atoms with van der Waals surface area (Å²) in [4.78, 5) is 25.8. The van der Waals surface area contributed by atoms with Crippen LogP contribution in [0.1, 0.15) is 57.4 Å². The average Bonchev–Trinajstić information content (AvgIpc) is 2.93. The van der Waals surface area contributed by atoms with Crippen LogP contribution >= 0.6 is 0 Å². The molecule has 0 heterocycles. The van der Waals surface area contributed by atoms with E-state index in [0.29, 0.717) is 24.8 Å². The summed E-state index contributed by atoms with van der Waals surface area (Å²) in [5.74, 6) is -0.107. The van der Waals surface area contributed by atoms with Crippen molar-refractivity contribution in [3.05, 3.63) is 54.1 Å². The van der Waals surface area contributed by atoms with Crippen molar-refractivity contribution in [1.29, 1.82) is 0 Å². The largest absolute Gasteiger partial charge is 0.573 e. The number of rotatable bonds is 15. The molecule has 11 heteroatoms. The number of carboxylic acids is 1. The van der Waals surface area contributed by atoms with Crippen LogP contribution in [-0.4, -0.2) is 60.8 Å². The lowest BCUT2D eigenvalue weighted by molar-refractivity contribution is -0.274. The van der Waals surface area contributed by atoms with E-state index < -0.39 is 30.3 Å². The molecule has 1 aliphatic rings. The Morgan fingerprint density at radius 3 is 2.20 bits per heavy atom. The van der Waals surface area contributed by atoms with Crippen LogP contribution in [0, 0.1) is 5.92 Å². The molecule has 2 aromatic carbocycles. The molecular formula is C30H38F3NO7. The lowest BCUT2D eigenvalue weighted by Gasteiger charge is -2.25. The van der Waals surface area contributed by atoms with E-state index in [0.717, 1.165) is 30.5 Å². The van der Waals surface area contributed by atoms with Crippen molar-refractivity contribution in [2.75, 3.05) is 26.3 Å². The number of ether oxygens (including phenoxy) is 4. The fraction of sp³-hybridized carbons (Fsp3) is 0.533. The number of carbonyl (C=O) groups is 2. The third-order valence-electron chi connectivity index (χ3n) is 6.90. The van der Waals surface area contributed by atoms with Gasteiger partial charge in [0.05, 0.1) is 6.54 Å². The molecule has 8 nitrogen and oxygen atoms in total. The van der Waals surface area contributed by atoms with Crippen molar-refractivity contribution in [1.82, 2.24) is 4.90 Å². The van der Waals surface area contributed by atoms with Gasteiger partial charge in [0.1, 0.15) is 23.9 Å². The number of halogens is 3. The van der Waals surface area contributed by atoms with Gasteiger partial charge in [0.2, 0.25) is 0 Å². The van der Waals surface area contributed by atoms with E-state index in [4.69, 9.17) is 14.2 Å². The van der Waals surface area contributed by atoms with E-state index in [1.807, 2.05) is 0 Å². The molecule has 0 aliphatic heterocycles. The molecule has 41 heavy (non-hydrogen) atoms. The first-order valence-corrected chi connectivity index (χ1v) is 14.0. The molecule has 1 amide bonds. The minimum atomic E-state index is -4.81. The highest BCUT2D eigenvalue weighted by Crippen LogP contribution is 2.28. The van der Waals surface area contributed by atoms with Crippen LogP contribution < -0.4 is 14.2 Å². The van der Waals surface area contributed by atoms with E-state index in [1.165, 1.54) is 49.1 Å². The molecular weight excluding hydrogens is 543 g/mol. The number of nitrogens with zero attached hydrogens (tertiary/aromatic N) is 1. The highest BCUT2D eigenvalue weighted by molar-refractivity contribution is 5.72. The number of benzene rings is 2. The molecule has 0 aromatic heterocycles. The first-order chi connectivity index (χ1) is 19.6. The Balaban J connectivity index is 1.55. The van der Waals surface area contributed by atoms with Gasteiger partial charge >= 0.3 is 18.4 Å². The smallest absolute Gasteiger partial charge is 0.492 e. The SMILES string of the molecule is CCOC(Cc1ccc(OCCN(CCCC2CCCCC2)C(=O)Oc2ccc(OC(F)(F)F)cc2)cc1)C(=O)O. The number of alkyl halides is 3. The summed E-state index contributed by atoms with van der Waals surface area (Å²) in [6, 6.07) is 11.7. The topological polar surface area (TPSA) is 94.5 Å². The summed E-state index contributed by atoms with van der Waals surface area (Å²) >= 11 is 0. The van der Waals surface area contributed by atoms with Gasteiger partial charge in [-0.25, -0.2) is 9.59 Å². The lowest BCUT2D eigenvalue weighted by atomic mass is 9.86. The summed E-state index contributed by atoms with van der Waals surface area (Å²) < 4.78 is 57.7. The second kappa shape index (κ2) is 16.1. The van der Waals surface area contributed by atoms with Gasteiger partial charge in [-0.3, -0.25) is 0 Å². The fourth-order valence-electron chi connectivity index (χ4n) is 4.84. The van der Waals surface area contributed by atoms with Crippen LogP contribution in [0.15, 0.2) is 48.5 Å². The summed E-state index contributed by atoms with van der Waals surface area (Å²) in [5, 5.41) is 9.28. The highest BCUT2D eigenvalue weighted by Gasteiger charge is 2.31. The van der Waals surface area contributed by atoms with Gasteiger partial charge in [-0.1, -0.05) is 44.2 Å². The monoisotopic (exact) mass is 581 g/mol. The summed E-state index contributed by atoms with van der Waals surface area (Å²) in [6.07, 6.45) is 1.84. The predicted molar refractivity (Wildman–Crippen MR) is 145 cm³/mol. The standard InChI is InChI=1S/C30H38F3NO7/c1-2-38-27(28(35)36)21-23-10-12-24(13-11-23)39-20-19-34(18-6-9-22-7-4-3-5-8-22)29(37)40-25-14-16-26(17-15-25)41-30(31,32)33/h10-17,22,27H,2-9,18-21H2,1H3,(H,35,36). The second-order valence-electron chi connectivity index (χ2n) is 10.00. The van der Waals surface area contributed by atoms with Gasteiger partial charge in [0, 0.05) is 19.6 Å². The van der Waals surface area contributed by atoms with E-state index >= 15 is 0 Å². The van der Waals surface area contributed by atoms with Gasteiger partial charge in [-0.15, -0.1) is 13.2 Å². The number of carboxylic acid groups (broad SMARTS) is 1. The molecule has 0 radical (unpaired) electrons. The van der Waals surface area contributed by atoms with Crippen molar-refractivity contribution in [3.63, 3.8) is 0 Å². The highest BCUT2D eigenvalue weighted by atomic mass is 19.4. The quantitative estimate of drug-likeness (QED) is 0.246. The summed E-state index contributed by atoms with van der Waals surface area (Å²) in [7, 11) is 0. The van der Waals surface area contributed by atoms with Gasteiger partial charge in [0.25, 0.3) is 0 Å². The number of amides is 1. The first-order valence-electron chi connectivity index (χ1n) is 14.0. The molecule has 0 saturated heterocycles. The van der Waals surface area contributed by atoms with Crippen LogP contribution in [0.25, 0.3) is 0 Å². The van der Waals surface area contributed by atoms with Gasteiger partial charge < -0.3 is 29.0 Å². The zero-order chi connectivity index (χ0) is 29.7. The van der Waals surface area contributed by atoms with E-state index in [1.54, 1.807) is 31.2 Å². The minimum absolute atomic E-state index is 0.102. The number of hydrogen-bond donors (Lipinski definition) is 1. The van der Waals surface area contributed by atoms with Crippen LogP contribution in [0.2, 0.25) is 0 Å². The number of hydrogen-bond acceptors (Lipinski definition) is 6.